The van der Waals surface area contributed by atoms with Crippen LogP contribution >= 0.6 is 15.9 Å². The highest BCUT2D eigenvalue weighted by molar-refractivity contribution is 9.10. The molecule has 0 fully saturated rings. The molecule has 0 aromatic heterocycles. The Bertz CT molecular complexity index is 576. The van der Waals surface area contributed by atoms with Gasteiger partial charge in [-0.1, -0.05) is 40.2 Å². The van der Waals surface area contributed by atoms with Crippen LogP contribution in [0.3, 0.4) is 0 Å². The topological polar surface area (TPSA) is 12.0 Å². The molecular weight excluding hydrogens is 343 g/mol. The molecule has 0 spiro atoms. The van der Waals surface area contributed by atoms with Crippen molar-refractivity contribution in [3.8, 4) is 0 Å². The summed E-state index contributed by atoms with van der Waals surface area (Å²) >= 11 is 3.38. The molecule has 2 aromatic rings. The summed E-state index contributed by atoms with van der Waals surface area (Å²) in [6, 6.07) is 13.3. The summed E-state index contributed by atoms with van der Waals surface area (Å²) in [6.07, 6.45) is -4.28. The molecule has 2 rings (SSSR count). The van der Waals surface area contributed by atoms with Crippen LogP contribution in [0.15, 0.2) is 53.0 Å². The highest BCUT2D eigenvalue weighted by Crippen LogP contribution is 2.29. The number of benzene rings is 2. The Labute approximate surface area is 130 Å². The maximum absolute atomic E-state index is 12.5. The fourth-order valence-electron chi connectivity index (χ4n) is 1.95. The maximum atomic E-state index is 12.5. The molecule has 1 atom stereocenters. The summed E-state index contributed by atoms with van der Waals surface area (Å²) in [6.45, 7) is 2.54. The van der Waals surface area contributed by atoms with E-state index in [0.717, 1.165) is 27.7 Å². The molecule has 0 amide bonds. The first-order chi connectivity index (χ1) is 9.86. The third-order valence-corrected chi connectivity index (χ3v) is 3.79. The van der Waals surface area contributed by atoms with Gasteiger partial charge in [0.05, 0.1) is 5.56 Å². The molecular formula is C16H15BrF3N. The van der Waals surface area contributed by atoms with E-state index >= 15 is 0 Å². The van der Waals surface area contributed by atoms with Gasteiger partial charge in [-0.25, -0.2) is 0 Å². The van der Waals surface area contributed by atoms with Crippen LogP contribution in [0.1, 0.15) is 29.7 Å². The zero-order valence-electron chi connectivity index (χ0n) is 11.4. The first-order valence-corrected chi connectivity index (χ1v) is 7.30. The summed E-state index contributed by atoms with van der Waals surface area (Å²) in [5.41, 5.74) is 1.34. The molecule has 1 N–H and O–H groups in total. The molecule has 0 saturated carbocycles. The number of halogens is 4. The lowest BCUT2D eigenvalue weighted by Gasteiger charge is -2.15. The molecule has 0 unspecified atom stereocenters. The zero-order chi connectivity index (χ0) is 15.5. The third kappa shape index (κ3) is 4.58. The van der Waals surface area contributed by atoms with Gasteiger partial charge in [-0.2, -0.15) is 13.2 Å². The lowest BCUT2D eigenvalue weighted by Crippen LogP contribution is -2.18. The van der Waals surface area contributed by atoms with Crippen LogP contribution in [0.25, 0.3) is 0 Å². The summed E-state index contributed by atoms with van der Waals surface area (Å²) in [7, 11) is 0. The van der Waals surface area contributed by atoms with Gasteiger partial charge in [0.2, 0.25) is 0 Å². The van der Waals surface area contributed by atoms with Crippen molar-refractivity contribution in [2.45, 2.75) is 25.7 Å². The second-order valence-corrected chi connectivity index (χ2v) is 5.76. The number of alkyl halides is 3. The van der Waals surface area contributed by atoms with E-state index in [1.54, 1.807) is 0 Å². The summed E-state index contributed by atoms with van der Waals surface area (Å²) < 4.78 is 38.4. The van der Waals surface area contributed by atoms with E-state index in [1.807, 2.05) is 31.2 Å². The first kappa shape index (κ1) is 16.0. The quantitative estimate of drug-likeness (QED) is 0.780. The van der Waals surface area contributed by atoms with Crippen LogP contribution in [-0.4, -0.2) is 0 Å². The van der Waals surface area contributed by atoms with Crippen LogP contribution in [0.4, 0.5) is 13.2 Å². The molecule has 5 heteroatoms. The second-order valence-electron chi connectivity index (χ2n) is 4.85. The first-order valence-electron chi connectivity index (χ1n) is 6.51. The molecule has 0 aliphatic heterocycles. The Balaban J connectivity index is 1.95. The number of hydrogen-bond acceptors (Lipinski definition) is 1. The monoisotopic (exact) mass is 357 g/mol. The van der Waals surface area contributed by atoms with Crippen LogP contribution in [0.5, 0.6) is 0 Å². The molecule has 0 heterocycles. The Morgan fingerprint density at radius 2 is 1.57 bits per heavy atom. The van der Waals surface area contributed by atoms with Crippen molar-refractivity contribution in [2.24, 2.45) is 0 Å². The van der Waals surface area contributed by atoms with E-state index in [-0.39, 0.29) is 6.04 Å². The Kier molecular flexibility index (Phi) is 5.06. The normalized spacial score (nSPS) is 13.2. The molecule has 21 heavy (non-hydrogen) atoms. The largest absolute Gasteiger partial charge is 0.416 e. The van der Waals surface area contributed by atoms with Gasteiger partial charge in [-0.05, 0) is 42.3 Å². The number of nitrogens with one attached hydrogen (secondary N) is 1. The van der Waals surface area contributed by atoms with Gasteiger partial charge in [-0.3, -0.25) is 0 Å². The Morgan fingerprint density at radius 3 is 2.10 bits per heavy atom. The minimum Gasteiger partial charge on any atom is -0.306 e. The van der Waals surface area contributed by atoms with Crippen molar-refractivity contribution in [1.82, 2.24) is 5.32 Å². The summed E-state index contributed by atoms with van der Waals surface area (Å²) in [4.78, 5) is 0. The highest BCUT2D eigenvalue weighted by atomic mass is 79.9. The maximum Gasteiger partial charge on any atom is 0.416 e. The lowest BCUT2D eigenvalue weighted by molar-refractivity contribution is -0.137. The van der Waals surface area contributed by atoms with Crippen LogP contribution in [0.2, 0.25) is 0 Å². The lowest BCUT2D eigenvalue weighted by atomic mass is 10.1. The molecule has 2 aromatic carbocycles. The number of hydrogen-bond donors (Lipinski definition) is 1. The Hall–Kier alpha value is -1.33. The molecule has 0 radical (unpaired) electrons. The average molecular weight is 358 g/mol. The minimum absolute atomic E-state index is 0.125. The van der Waals surface area contributed by atoms with E-state index in [4.69, 9.17) is 0 Å². The average Bonchev–Trinajstić information content (AvgIpc) is 2.45. The fourth-order valence-corrected chi connectivity index (χ4v) is 2.22. The van der Waals surface area contributed by atoms with Gasteiger partial charge in [0, 0.05) is 17.1 Å². The van der Waals surface area contributed by atoms with Crippen LogP contribution in [-0.2, 0) is 12.7 Å². The second kappa shape index (κ2) is 6.62. The third-order valence-electron chi connectivity index (χ3n) is 3.26. The van der Waals surface area contributed by atoms with Gasteiger partial charge in [-0.15, -0.1) is 0 Å². The van der Waals surface area contributed by atoms with Crippen molar-refractivity contribution >= 4 is 15.9 Å². The minimum atomic E-state index is -4.28. The number of rotatable bonds is 4. The molecule has 0 aliphatic carbocycles. The van der Waals surface area contributed by atoms with Crippen LogP contribution in [0, 0.1) is 0 Å². The molecule has 0 saturated heterocycles. The Morgan fingerprint density at radius 1 is 1.00 bits per heavy atom. The standard InChI is InChI=1S/C16H15BrF3N/c1-11(13-4-8-15(17)9-5-13)21-10-12-2-6-14(7-3-12)16(18,19)20/h2-9,11,21H,10H2,1H3/t11-/m1/s1. The van der Waals surface area contributed by atoms with E-state index in [2.05, 4.69) is 21.2 Å². The van der Waals surface area contributed by atoms with Gasteiger partial charge >= 0.3 is 6.18 Å². The molecule has 1 nitrogen and oxygen atoms in total. The van der Waals surface area contributed by atoms with Crippen molar-refractivity contribution < 1.29 is 13.2 Å². The van der Waals surface area contributed by atoms with Gasteiger partial charge in [0.1, 0.15) is 0 Å². The molecule has 0 bridgehead atoms. The summed E-state index contributed by atoms with van der Waals surface area (Å²) in [5, 5.41) is 3.30. The molecule has 112 valence electrons. The predicted molar refractivity (Wildman–Crippen MR) is 80.8 cm³/mol. The summed E-state index contributed by atoms with van der Waals surface area (Å²) in [5.74, 6) is 0. The van der Waals surface area contributed by atoms with Crippen LogP contribution < -0.4 is 5.32 Å². The SMILES string of the molecule is C[C@@H](NCc1ccc(C(F)(F)F)cc1)c1ccc(Br)cc1. The van der Waals surface area contributed by atoms with Gasteiger partial charge in [0.15, 0.2) is 0 Å². The van der Waals surface area contributed by atoms with E-state index in [9.17, 15) is 13.2 Å². The van der Waals surface area contributed by atoms with E-state index in [0.29, 0.717) is 6.54 Å². The van der Waals surface area contributed by atoms with E-state index in [1.165, 1.54) is 12.1 Å². The smallest absolute Gasteiger partial charge is 0.306 e. The fraction of sp³-hybridized carbons (Fsp3) is 0.250. The van der Waals surface area contributed by atoms with Crippen molar-refractivity contribution in [1.29, 1.82) is 0 Å². The predicted octanol–water partition coefficient (Wildman–Crippen LogP) is 5.32. The van der Waals surface area contributed by atoms with E-state index < -0.39 is 11.7 Å². The molecule has 0 aliphatic rings. The van der Waals surface area contributed by atoms with Crippen molar-refractivity contribution in [3.63, 3.8) is 0 Å². The van der Waals surface area contributed by atoms with Crippen molar-refractivity contribution in [3.05, 3.63) is 69.7 Å². The van der Waals surface area contributed by atoms with Gasteiger partial charge in [0.25, 0.3) is 0 Å². The highest BCUT2D eigenvalue weighted by Gasteiger charge is 2.29. The van der Waals surface area contributed by atoms with Gasteiger partial charge < -0.3 is 5.32 Å². The zero-order valence-corrected chi connectivity index (χ0v) is 13.0. The van der Waals surface area contributed by atoms with Crippen molar-refractivity contribution in [2.75, 3.05) is 0 Å².